The summed E-state index contributed by atoms with van der Waals surface area (Å²) in [6, 6.07) is 20.6. The molecule has 30 heavy (non-hydrogen) atoms. The summed E-state index contributed by atoms with van der Waals surface area (Å²) in [5, 5.41) is 16.9. The number of aromatic nitrogens is 4. The van der Waals surface area contributed by atoms with Crippen molar-refractivity contribution in [3.8, 4) is 22.1 Å². The Morgan fingerprint density at radius 1 is 0.867 bits per heavy atom. The number of fused-ring (bicyclic) bond motifs is 2. The summed E-state index contributed by atoms with van der Waals surface area (Å²) in [6.45, 7) is 0. The average Bonchev–Trinajstić information content (AvgIpc) is 3.38. The van der Waals surface area contributed by atoms with Crippen LogP contribution >= 0.6 is 11.3 Å². The van der Waals surface area contributed by atoms with E-state index in [4.69, 9.17) is 14.6 Å². The smallest absolute Gasteiger partial charge is 0.234 e. The molecule has 6 nitrogen and oxygen atoms in total. The van der Waals surface area contributed by atoms with Gasteiger partial charge in [-0.2, -0.15) is 9.61 Å². The number of methoxy groups -OCH3 is 2. The van der Waals surface area contributed by atoms with Gasteiger partial charge in [-0.15, -0.1) is 10.2 Å². The molecule has 0 radical (unpaired) electrons. The molecule has 0 saturated carbocycles. The van der Waals surface area contributed by atoms with E-state index in [1.54, 1.807) is 25.6 Å². The van der Waals surface area contributed by atoms with Gasteiger partial charge < -0.3 is 9.47 Å². The van der Waals surface area contributed by atoms with E-state index >= 15 is 0 Å². The third kappa shape index (κ3) is 3.27. The van der Waals surface area contributed by atoms with Crippen LogP contribution in [0.1, 0.15) is 11.4 Å². The van der Waals surface area contributed by atoms with Crippen molar-refractivity contribution in [1.29, 1.82) is 0 Å². The maximum absolute atomic E-state index is 5.40. The number of nitrogens with zero attached hydrogens (tertiary/aromatic N) is 4. The Morgan fingerprint density at radius 2 is 1.70 bits per heavy atom. The molecule has 0 unspecified atom stereocenters. The van der Waals surface area contributed by atoms with Crippen LogP contribution in [0.2, 0.25) is 0 Å². The predicted octanol–water partition coefficient (Wildman–Crippen LogP) is 4.81. The number of ether oxygens (including phenoxy) is 2. The van der Waals surface area contributed by atoms with Crippen molar-refractivity contribution in [3.63, 3.8) is 0 Å². The van der Waals surface area contributed by atoms with Crippen LogP contribution in [0.4, 0.5) is 0 Å². The highest BCUT2D eigenvalue weighted by Gasteiger charge is 2.15. The van der Waals surface area contributed by atoms with Crippen LogP contribution in [0.3, 0.4) is 0 Å². The normalized spacial score (nSPS) is 11.3. The van der Waals surface area contributed by atoms with Gasteiger partial charge in [0.1, 0.15) is 5.01 Å². The van der Waals surface area contributed by atoms with Crippen molar-refractivity contribution in [2.24, 2.45) is 0 Å². The molecule has 0 saturated heterocycles. The molecule has 0 atom stereocenters. The highest BCUT2D eigenvalue weighted by Crippen LogP contribution is 2.32. The molecule has 0 fully saturated rings. The number of benzene rings is 3. The fourth-order valence-corrected chi connectivity index (χ4v) is 4.52. The summed E-state index contributed by atoms with van der Waals surface area (Å²) in [5.74, 6) is 2.31. The zero-order valence-electron chi connectivity index (χ0n) is 16.7. The Hall–Kier alpha value is -3.45. The zero-order valence-corrected chi connectivity index (χ0v) is 17.5. The number of rotatable bonds is 6. The van der Waals surface area contributed by atoms with E-state index in [-0.39, 0.29) is 0 Å². The van der Waals surface area contributed by atoms with Crippen LogP contribution in [0.5, 0.6) is 11.5 Å². The van der Waals surface area contributed by atoms with Gasteiger partial charge in [-0.3, -0.25) is 0 Å². The van der Waals surface area contributed by atoms with Crippen LogP contribution in [0, 0.1) is 0 Å². The lowest BCUT2D eigenvalue weighted by atomic mass is 10.1. The number of hydrogen-bond donors (Lipinski definition) is 0. The standard InChI is InChI=1S/C23H20N4O2S/c1-28-19-12-10-15(14-20(19)29-2)11-13-21-24-25-23-27(21)26-22(30-23)18-9-5-7-16-6-3-4-8-17(16)18/h3-10,12,14H,11,13H2,1-2H3. The van der Waals surface area contributed by atoms with E-state index in [0.29, 0.717) is 0 Å². The van der Waals surface area contributed by atoms with Crippen LogP contribution in [-0.2, 0) is 12.8 Å². The third-order valence-corrected chi connectivity index (χ3v) is 6.09. The van der Waals surface area contributed by atoms with Crippen molar-refractivity contribution in [2.75, 3.05) is 14.2 Å². The van der Waals surface area contributed by atoms with Gasteiger partial charge in [0.2, 0.25) is 4.96 Å². The number of hydrogen-bond acceptors (Lipinski definition) is 6. The van der Waals surface area contributed by atoms with E-state index in [1.165, 1.54) is 10.8 Å². The first-order valence-electron chi connectivity index (χ1n) is 9.67. The summed E-state index contributed by atoms with van der Waals surface area (Å²) < 4.78 is 12.6. The average molecular weight is 417 g/mol. The van der Waals surface area contributed by atoms with E-state index in [0.717, 1.165) is 51.3 Å². The first kappa shape index (κ1) is 18.6. The molecular formula is C23H20N4O2S. The molecule has 0 N–H and O–H groups in total. The summed E-state index contributed by atoms with van der Waals surface area (Å²) >= 11 is 1.56. The van der Waals surface area contributed by atoms with Gasteiger partial charge in [0.25, 0.3) is 0 Å². The quantitative estimate of drug-likeness (QED) is 0.398. The van der Waals surface area contributed by atoms with Crippen molar-refractivity contribution in [2.45, 2.75) is 12.8 Å². The second-order valence-electron chi connectivity index (χ2n) is 6.93. The predicted molar refractivity (Wildman–Crippen MR) is 119 cm³/mol. The molecule has 150 valence electrons. The van der Waals surface area contributed by atoms with Crippen LogP contribution in [-0.4, -0.2) is 34.0 Å². The second kappa shape index (κ2) is 7.76. The SMILES string of the molecule is COc1ccc(CCc2nnc3sc(-c4cccc5ccccc45)nn23)cc1OC. The van der Waals surface area contributed by atoms with Crippen molar-refractivity contribution in [1.82, 2.24) is 19.8 Å². The minimum absolute atomic E-state index is 0.727. The topological polar surface area (TPSA) is 61.5 Å². The van der Waals surface area contributed by atoms with E-state index in [1.807, 2.05) is 22.7 Å². The van der Waals surface area contributed by atoms with Crippen molar-refractivity contribution in [3.05, 3.63) is 72.1 Å². The number of aryl methyl sites for hydroxylation is 2. The molecule has 2 aromatic heterocycles. The lowest BCUT2D eigenvalue weighted by Gasteiger charge is -2.09. The fourth-order valence-electron chi connectivity index (χ4n) is 3.63. The molecule has 0 amide bonds. The largest absolute Gasteiger partial charge is 0.493 e. The Kier molecular flexibility index (Phi) is 4.80. The second-order valence-corrected chi connectivity index (χ2v) is 7.89. The molecule has 3 aromatic carbocycles. The monoisotopic (exact) mass is 416 g/mol. The van der Waals surface area contributed by atoms with Crippen molar-refractivity contribution >= 4 is 27.1 Å². The zero-order chi connectivity index (χ0) is 20.5. The molecule has 0 bridgehead atoms. The first-order valence-corrected chi connectivity index (χ1v) is 10.5. The summed E-state index contributed by atoms with van der Waals surface area (Å²) in [6.07, 6.45) is 1.54. The van der Waals surface area contributed by atoms with E-state index in [9.17, 15) is 0 Å². The van der Waals surface area contributed by atoms with Gasteiger partial charge in [0.15, 0.2) is 17.3 Å². The van der Waals surface area contributed by atoms with E-state index in [2.05, 4.69) is 52.7 Å². The maximum atomic E-state index is 5.40. The van der Waals surface area contributed by atoms with Crippen LogP contribution < -0.4 is 9.47 Å². The molecule has 5 aromatic rings. The molecule has 7 heteroatoms. The van der Waals surface area contributed by atoms with Crippen LogP contribution in [0.25, 0.3) is 26.3 Å². The molecule has 0 spiro atoms. The Labute approximate surface area is 177 Å². The fraction of sp³-hybridized carbons (Fsp3) is 0.174. The molecule has 5 rings (SSSR count). The molecule has 0 aliphatic rings. The maximum Gasteiger partial charge on any atom is 0.234 e. The molecule has 0 aliphatic heterocycles. The Morgan fingerprint density at radius 3 is 2.57 bits per heavy atom. The highest BCUT2D eigenvalue weighted by molar-refractivity contribution is 7.19. The molecule has 2 heterocycles. The first-order chi connectivity index (χ1) is 14.8. The van der Waals surface area contributed by atoms with Crippen molar-refractivity contribution < 1.29 is 9.47 Å². The van der Waals surface area contributed by atoms with Crippen LogP contribution in [0.15, 0.2) is 60.7 Å². The highest BCUT2D eigenvalue weighted by atomic mass is 32.1. The lowest BCUT2D eigenvalue weighted by Crippen LogP contribution is -2.00. The van der Waals surface area contributed by atoms with Gasteiger partial charge in [0.05, 0.1) is 14.2 Å². The minimum atomic E-state index is 0.727. The molecular weight excluding hydrogens is 396 g/mol. The van der Waals surface area contributed by atoms with Gasteiger partial charge in [-0.25, -0.2) is 0 Å². The minimum Gasteiger partial charge on any atom is -0.493 e. The Balaban J connectivity index is 1.44. The lowest BCUT2D eigenvalue weighted by molar-refractivity contribution is 0.354. The summed E-state index contributed by atoms with van der Waals surface area (Å²) in [7, 11) is 3.29. The van der Waals surface area contributed by atoms with Gasteiger partial charge in [0, 0.05) is 12.0 Å². The molecule has 0 aliphatic carbocycles. The summed E-state index contributed by atoms with van der Waals surface area (Å²) in [5.41, 5.74) is 2.27. The third-order valence-electron chi connectivity index (χ3n) is 5.16. The summed E-state index contributed by atoms with van der Waals surface area (Å²) in [4.78, 5) is 0.806. The van der Waals surface area contributed by atoms with Gasteiger partial charge in [-0.05, 0) is 34.9 Å². The van der Waals surface area contributed by atoms with Gasteiger partial charge >= 0.3 is 0 Å². The Bertz CT molecular complexity index is 1340. The van der Waals surface area contributed by atoms with Gasteiger partial charge in [-0.1, -0.05) is 59.9 Å². The van der Waals surface area contributed by atoms with E-state index < -0.39 is 0 Å².